The van der Waals surface area contributed by atoms with Gasteiger partial charge in [0.25, 0.3) is 0 Å². The van der Waals surface area contributed by atoms with Gasteiger partial charge in [-0.1, -0.05) is 70.7 Å². The number of pyridine rings is 2. The first-order valence-electron chi connectivity index (χ1n) is 11.6. The van der Waals surface area contributed by atoms with Crippen molar-refractivity contribution in [3.8, 4) is 0 Å². The number of dihydropyridines is 2. The summed E-state index contributed by atoms with van der Waals surface area (Å²) in [4.78, 5) is 31.4. The van der Waals surface area contributed by atoms with Gasteiger partial charge in [-0.05, 0) is 47.6 Å². The van der Waals surface area contributed by atoms with Crippen LogP contribution < -0.4 is 20.4 Å². The number of rotatable bonds is 8. The third kappa shape index (κ3) is 9.91. The Kier molecular flexibility index (Phi) is 12.1. The molecule has 4 atom stereocenters. The van der Waals surface area contributed by atoms with Gasteiger partial charge in [-0.25, -0.2) is 9.97 Å². The molecule has 0 aromatic carbocycles. The van der Waals surface area contributed by atoms with Gasteiger partial charge in [0, 0.05) is 61.2 Å². The molecule has 40 heavy (non-hydrogen) atoms. The molecule has 0 radical (unpaired) electrons. The Morgan fingerprint density at radius 1 is 0.725 bits per heavy atom. The van der Waals surface area contributed by atoms with Crippen LogP contribution >= 0.6 is 62.3 Å². The van der Waals surface area contributed by atoms with Crippen LogP contribution in [0.1, 0.15) is 11.1 Å². The number of allylic oxidation sites excluding steroid dienone is 8. The van der Waals surface area contributed by atoms with Crippen LogP contribution in [0.5, 0.6) is 0 Å². The summed E-state index contributed by atoms with van der Waals surface area (Å²) in [5.74, 6) is 0. The SMILES string of the molecule is N=[P+]([O-])C(Cl)(C=C1C=CC=CN1)Cc1ccc(Cl)nc1.N=[P+]([O-])C(Cl)(C=C1C=CC=CN1)Cc1ccc(Cl)nc1. The molecule has 0 aliphatic carbocycles. The van der Waals surface area contributed by atoms with E-state index in [9.17, 15) is 9.79 Å². The molecule has 0 amide bonds. The van der Waals surface area contributed by atoms with Crippen LogP contribution in [0.2, 0.25) is 10.3 Å². The highest BCUT2D eigenvalue weighted by Crippen LogP contribution is 2.43. The molecule has 2 aromatic heterocycles. The van der Waals surface area contributed by atoms with Gasteiger partial charge in [-0.2, -0.15) is 0 Å². The number of halogens is 4. The topological polar surface area (TPSA) is 144 Å². The lowest BCUT2D eigenvalue weighted by Gasteiger charge is -2.19. The molecule has 4 heterocycles. The minimum absolute atomic E-state index is 0.236. The van der Waals surface area contributed by atoms with E-state index in [0.717, 1.165) is 11.1 Å². The molecule has 2 aromatic rings. The van der Waals surface area contributed by atoms with Gasteiger partial charge < -0.3 is 20.4 Å². The van der Waals surface area contributed by atoms with Crippen LogP contribution in [-0.2, 0) is 12.8 Å². The monoisotopic (exact) mass is 654 g/mol. The smallest absolute Gasteiger partial charge is 0.239 e. The molecule has 8 nitrogen and oxygen atoms in total. The van der Waals surface area contributed by atoms with E-state index in [2.05, 4.69) is 20.6 Å². The first kappa shape index (κ1) is 32.1. The molecule has 14 heteroatoms. The van der Waals surface area contributed by atoms with E-state index in [1.54, 1.807) is 73.4 Å². The van der Waals surface area contributed by atoms with E-state index >= 15 is 0 Å². The van der Waals surface area contributed by atoms with Crippen molar-refractivity contribution < 1.29 is 9.79 Å². The molecule has 4 rings (SSSR count). The Bertz CT molecular complexity index is 1300. The fraction of sp³-hybridized carbons (Fsp3) is 0.154. The van der Waals surface area contributed by atoms with Gasteiger partial charge >= 0.3 is 0 Å². The summed E-state index contributed by atoms with van der Waals surface area (Å²) in [6, 6.07) is 6.79. The maximum Gasteiger partial charge on any atom is 0.239 e. The van der Waals surface area contributed by atoms with Crippen LogP contribution in [0.3, 0.4) is 0 Å². The van der Waals surface area contributed by atoms with Crippen LogP contribution in [0.4, 0.5) is 0 Å². The Hall–Kier alpha value is -2.38. The Morgan fingerprint density at radius 2 is 1.12 bits per heavy atom. The fourth-order valence-electron chi connectivity index (χ4n) is 3.43. The number of hydrogen-bond donors (Lipinski definition) is 4. The molecular formula is C26H24Cl4N6O2P2. The summed E-state index contributed by atoms with van der Waals surface area (Å²) in [6.07, 6.45) is 21.2. The zero-order valence-electron chi connectivity index (χ0n) is 20.8. The third-order valence-corrected chi connectivity index (χ3v) is 9.15. The first-order valence-corrected chi connectivity index (χ1v) is 15.6. The van der Waals surface area contributed by atoms with E-state index < -0.39 is 25.1 Å². The lowest BCUT2D eigenvalue weighted by Crippen LogP contribution is -2.23. The van der Waals surface area contributed by atoms with Crippen molar-refractivity contribution >= 4 is 62.3 Å². The number of nitrogens with one attached hydrogen (secondary N) is 4. The van der Waals surface area contributed by atoms with Gasteiger partial charge in [0.05, 0.1) is 0 Å². The summed E-state index contributed by atoms with van der Waals surface area (Å²) in [5, 5.41) is 21.8. The molecule has 2 aliphatic heterocycles. The molecule has 0 saturated carbocycles. The minimum atomic E-state index is -2.37. The second-order valence-corrected chi connectivity index (χ2v) is 13.9. The maximum absolute atomic E-state index is 11.7. The average molecular weight is 656 g/mol. The number of aromatic nitrogens is 2. The van der Waals surface area contributed by atoms with Gasteiger partial charge in [-0.3, -0.25) is 0 Å². The minimum Gasteiger partial charge on any atom is -0.611 e. The number of alkyl halides is 2. The maximum atomic E-state index is 11.7. The van der Waals surface area contributed by atoms with Crippen molar-refractivity contribution in [1.29, 1.82) is 10.3 Å². The van der Waals surface area contributed by atoms with E-state index in [0.29, 0.717) is 21.7 Å². The standard InChI is InChI=1S/2C13H12Cl2N3OP/c2*14-12-5-4-10(9-18-12)7-13(15,20(16)19)8-11-3-1-2-6-17-11/h2*1-6,8-9,16-17H,7H2. The summed E-state index contributed by atoms with van der Waals surface area (Å²) in [6.45, 7) is 0. The van der Waals surface area contributed by atoms with Gasteiger partial charge in [-0.15, -0.1) is 10.3 Å². The van der Waals surface area contributed by atoms with E-state index in [4.69, 9.17) is 56.7 Å². The van der Waals surface area contributed by atoms with Crippen molar-refractivity contribution in [1.82, 2.24) is 20.6 Å². The van der Waals surface area contributed by atoms with Gasteiger partial charge in [0.2, 0.25) is 9.23 Å². The van der Waals surface area contributed by atoms with Gasteiger partial charge in [0.1, 0.15) is 10.3 Å². The molecule has 4 N–H and O–H groups in total. The highest BCUT2D eigenvalue weighted by atomic mass is 35.5. The van der Waals surface area contributed by atoms with E-state index in [-0.39, 0.29) is 12.8 Å². The van der Waals surface area contributed by atoms with Crippen LogP contribution in [0, 0.1) is 10.3 Å². The zero-order valence-corrected chi connectivity index (χ0v) is 25.6. The number of hydrogen-bond acceptors (Lipinski definition) is 8. The third-order valence-electron chi connectivity index (χ3n) is 5.38. The first-order chi connectivity index (χ1) is 19.0. The highest BCUT2D eigenvalue weighted by molar-refractivity contribution is 7.43. The summed E-state index contributed by atoms with van der Waals surface area (Å²) >= 11 is 24.2. The summed E-state index contributed by atoms with van der Waals surface area (Å²) < 4.78 is -2.58. The van der Waals surface area contributed by atoms with Crippen LogP contribution in [0.15, 0.2) is 109 Å². The molecule has 0 fully saturated rings. The molecule has 0 bridgehead atoms. The predicted octanol–water partition coefficient (Wildman–Crippen LogP) is 6.58. The largest absolute Gasteiger partial charge is 0.611 e. The van der Waals surface area contributed by atoms with Crippen molar-refractivity contribution in [2.45, 2.75) is 22.1 Å². The second-order valence-electron chi connectivity index (χ2n) is 8.48. The Morgan fingerprint density at radius 3 is 1.40 bits per heavy atom. The zero-order chi connectivity index (χ0) is 29.2. The molecule has 2 aliphatic rings. The Labute approximate surface area is 254 Å². The summed E-state index contributed by atoms with van der Waals surface area (Å²) in [7, 11) is -4.74. The van der Waals surface area contributed by atoms with Crippen LogP contribution in [0.25, 0.3) is 0 Å². The Balaban J connectivity index is 0.000000220. The van der Waals surface area contributed by atoms with Crippen LogP contribution in [-0.4, -0.2) is 19.2 Å². The lowest BCUT2D eigenvalue weighted by atomic mass is 10.1. The quantitative estimate of drug-likeness (QED) is 0.144. The molecule has 0 saturated heterocycles. The van der Waals surface area contributed by atoms with E-state index in [1.807, 2.05) is 24.3 Å². The van der Waals surface area contributed by atoms with Crippen molar-refractivity contribution in [2.75, 3.05) is 0 Å². The average Bonchev–Trinajstić information content (AvgIpc) is 2.93. The van der Waals surface area contributed by atoms with E-state index in [1.165, 1.54) is 0 Å². The molecule has 208 valence electrons. The van der Waals surface area contributed by atoms with Crippen molar-refractivity contribution in [3.63, 3.8) is 0 Å². The van der Waals surface area contributed by atoms with Crippen molar-refractivity contribution in [2.24, 2.45) is 0 Å². The molecule has 4 unspecified atom stereocenters. The summed E-state index contributed by atoms with van der Waals surface area (Å²) in [5.41, 5.74) is 2.96. The molecular weight excluding hydrogens is 632 g/mol. The van der Waals surface area contributed by atoms with Crippen molar-refractivity contribution in [3.05, 3.63) is 130 Å². The fourth-order valence-corrected chi connectivity index (χ4v) is 5.36. The highest BCUT2D eigenvalue weighted by Gasteiger charge is 2.37. The molecule has 0 spiro atoms. The van der Waals surface area contributed by atoms with Gasteiger partial charge in [0.15, 0.2) is 15.9 Å². The normalized spacial score (nSPS) is 19.6. The number of nitrogens with zero attached hydrogens (tertiary/aromatic N) is 2. The second kappa shape index (κ2) is 15.0. The lowest BCUT2D eigenvalue weighted by molar-refractivity contribution is -0.159. The predicted molar refractivity (Wildman–Crippen MR) is 161 cm³/mol.